The molecule has 2 aromatic carbocycles. The predicted molar refractivity (Wildman–Crippen MR) is 136 cm³/mol. The van der Waals surface area contributed by atoms with Gasteiger partial charge in [0.1, 0.15) is 5.82 Å². The molecule has 1 atom stereocenters. The van der Waals surface area contributed by atoms with Crippen LogP contribution in [0, 0.1) is 0 Å². The molecular formula is C25H22Cl2N6O. The van der Waals surface area contributed by atoms with Crippen molar-refractivity contribution in [3.05, 3.63) is 92.8 Å². The summed E-state index contributed by atoms with van der Waals surface area (Å²) in [5.74, 6) is 1.72. The fraction of sp³-hybridized carbons (Fsp3) is 0.200. The zero-order valence-electron chi connectivity index (χ0n) is 18.4. The summed E-state index contributed by atoms with van der Waals surface area (Å²) in [5, 5.41) is 4.22. The second kappa shape index (κ2) is 9.44. The lowest BCUT2D eigenvalue weighted by Crippen LogP contribution is -2.36. The molecule has 0 fully saturated rings. The Hall–Kier alpha value is -3.42. The van der Waals surface area contributed by atoms with Gasteiger partial charge in [0.2, 0.25) is 11.9 Å². The van der Waals surface area contributed by atoms with E-state index in [1.807, 2.05) is 29.2 Å². The van der Waals surface area contributed by atoms with E-state index in [1.54, 1.807) is 29.0 Å². The lowest BCUT2D eigenvalue weighted by atomic mass is 10.1. The van der Waals surface area contributed by atoms with Gasteiger partial charge in [-0.25, -0.2) is 9.97 Å². The minimum Gasteiger partial charge on any atom is -0.348 e. The summed E-state index contributed by atoms with van der Waals surface area (Å²) in [6.45, 7) is 3.34. The minimum atomic E-state index is -0.124. The van der Waals surface area contributed by atoms with Crippen molar-refractivity contribution in [3.63, 3.8) is 0 Å². The fourth-order valence-corrected chi connectivity index (χ4v) is 4.30. The SMILES string of the molecule is C[C@H](Nc1nccc(N2CCCn3c2nc(-c2ccc(Cl)c(Cl)c2)cc3=O)n1)c1ccccc1. The number of nitrogens with zero attached hydrogens (tertiary/aromatic N) is 5. The number of anilines is 3. The van der Waals surface area contributed by atoms with E-state index in [0.717, 1.165) is 17.5 Å². The van der Waals surface area contributed by atoms with E-state index in [1.165, 1.54) is 6.07 Å². The topological polar surface area (TPSA) is 75.9 Å². The molecule has 0 spiro atoms. The highest BCUT2D eigenvalue weighted by Gasteiger charge is 2.23. The monoisotopic (exact) mass is 492 g/mol. The second-order valence-electron chi connectivity index (χ2n) is 8.08. The van der Waals surface area contributed by atoms with Crippen LogP contribution in [0.25, 0.3) is 11.3 Å². The third kappa shape index (κ3) is 4.49. The summed E-state index contributed by atoms with van der Waals surface area (Å²) in [6.07, 6.45) is 2.51. The quantitative estimate of drug-likeness (QED) is 0.383. The number of rotatable bonds is 5. The summed E-state index contributed by atoms with van der Waals surface area (Å²) in [7, 11) is 0. The van der Waals surface area contributed by atoms with Crippen LogP contribution in [-0.2, 0) is 6.54 Å². The van der Waals surface area contributed by atoms with Crippen molar-refractivity contribution >= 4 is 40.9 Å². The predicted octanol–water partition coefficient (Wildman–Crippen LogP) is 5.72. The molecule has 0 unspecified atom stereocenters. The number of hydrogen-bond acceptors (Lipinski definition) is 6. The number of halogens is 2. The van der Waals surface area contributed by atoms with Crippen molar-refractivity contribution in [1.82, 2.24) is 19.5 Å². The molecule has 34 heavy (non-hydrogen) atoms. The summed E-state index contributed by atoms with van der Waals surface area (Å²) >= 11 is 12.3. The summed E-state index contributed by atoms with van der Waals surface area (Å²) in [4.78, 5) is 28.8. The van der Waals surface area contributed by atoms with Gasteiger partial charge in [-0.05, 0) is 37.1 Å². The Morgan fingerprint density at radius 2 is 1.79 bits per heavy atom. The molecule has 0 radical (unpaired) electrons. The highest BCUT2D eigenvalue weighted by Crippen LogP contribution is 2.31. The molecule has 172 valence electrons. The van der Waals surface area contributed by atoms with Gasteiger partial charge < -0.3 is 5.32 Å². The minimum absolute atomic E-state index is 0.0343. The summed E-state index contributed by atoms with van der Waals surface area (Å²) in [6, 6.07) is 18.7. The van der Waals surface area contributed by atoms with Crippen molar-refractivity contribution in [2.75, 3.05) is 16.8 Å². The average molecular weight is 493 g/mol. The van der Waals surface area contributed by atoms with Crippen LogP contribution in [-0.4, -0.2) is 26.1 Å². The lowest BCUT2D eigenvalue weighted by Gasteiger charge is -2.30. The van der Waals surface area contributed by atoms with Crippen LogP contribution in [0.3, 0.4) is 0 Å². The normalized spacial score (nSPS) is 13.9. The number of nitrogens with one attached hydrogen (secondary N) is 1. The molecule has 1 aliphatic rings. The number of hydrogen-bond donors (Lipinski definition) is 1. The molecule has 5 rings (SSSR count). The Morgan fingerprint density at radius 3 is 2.59 bits per heavy atom. The Labute approximate surface area is 207 Å². The molecule has 4 aromatic rings. The Balaban J connectivity index is 1.49. The van der Waals surface area contributed by atoms with E-state index in [9.17, 15) is 4.79 Å². The molecule has 3 heterocycles. The molecular weight excluding hydrogens is 471 g/mol. The molecule has 0 saturated carbocycles. The van der Waals surface area contributed by atoms with Crippen LogP contribution in [0.2, 0.25) is 10.0 Å². The second-order valence-corrected chi connectivity index (χ2v) is 8.89. The first-order chi connectivity index (χ1) is 16.5. The van der Waals surface area contributed by atoms with Gasteiger partial charge in [0, 0.05) is 30.9 Å². The molecule has 2 aromatic heterocycles. The van der Waals surface area contributed by atoms with Gasteiger partial charge in [-0.2, -0.15) is 4.98 Å². The number of aromatic nitrogens is 4. The van der Waals surface area contributed by atoms with Crippen LogP contribution in [0.4, 0.5) is 17.7 Å². The number of benzene rings is 2. The zero-order chi connectivity index (χ0) is 23.7. The maximum Gasteiger partial charge on any atom is 0.255 e. The van der Waals surface area contributed by atoms with Crippen LogP contribution in [0.15, 0.2) is 71.7 Å². The van der Waals surface area contributed by atoms with Gasteiger partial charge in [0.25, 0.3) is 5.56 Å². The maximum atomic E-state index is 12.9. The van der Waals surface area contributed by atoms with E-state index in [0.29, 0.717) is 46.5 Å². The number of fused-ring (bicyclic) bond motifs is 1. The van der Waals surface area contributed by atoms with Crippen LogP contribution < -0.4 is 15.8 Å². The third-order valence-corrected chi connectivity index (χ3v) is 6.51. The molecule has 1 N–H and O–H groups in total. The molecule has 0 aliphatic carbocycles. The highest BCUT2D eigenvalue weighted by atomic mass is 35.5. The third-order valence-electron chi connectivity index (χ3n) is 5.77. The van der Waals surface area contributed by atoms with Crippen molar-refractivity contribution in [2.24, 2.45) is 0 Å². The first kappa shape index (κ1) is 22.4. The van der Waals surface area contributed by atoms with Crippen LogP contribution in [0.5, 0.6) is 0 Å². The van der Waals surface area contributed by atoms with Crippen molar-refractivity contribution in [2.45, 2.75) is 25.9 Å². The Morgan fingerprint density at radius 1 is 0.971 bits per heavy atom. The van der Waals surface area contributed by atoms with Crippen molar-refractivity contribution in [3.8, 4) is 11.3 Å². The molecule has 1 aliphatic heterocycles. The molecule has 9 heteroatoms. The van der Waals surface area contributed by atoms with E-state index in [2.05, 4.69) is 29.4 Å². The van der Waals surface area contributed by atoms with Gasteiger partial charge >= 0.3 is 0 Å². The van der Waals surface area contributed by atoms with Gasteiger partial charge in [-0.15, -0.1) is 0 Å². The van der Waals surface area contributed by atoms with E-state index >= 15 is 0 Å². The Kier molecular flexibility index (Phi) is 6.22. The first-order valence-electron chi connectivity index (χ1n) is 11.0. The smallest absolute Gasteiger partial charge is 0.255 e. The first-order valence-corrected chi connectivity index (χ1v) is 11.7. The molecule has 0 amide bonds. The standard InChI is InChI=1S/C25H22Cl2N6O/c1-16(17-6-3-2-4-7-17)29-24-28-11-10-22(31-24)32-12-5-13-33-23(34)15-21(30-25(32)33)18-8-9-19(26)20(27)14-18/h2-4,6-11,14-16H,5,12-13H2,1H3,(H,28,29,31)/t16-/m0/s1. The fourth-order valence-electron chi connectivity index (χ4n) is 4.01. The lowest BCUT2D eigenvalue weighted by molar-refractivity contribution is 0.561. The summed E-state index contributed by atoms with van der Waals surface area (Å²) in [5.41, 5.74) is 2.27. The van der Waals surface area contributed by atoms with Crippen LogP contribution >= 0.6 is 23.2 Å². The van der Waals surface area contributed by atoms with E-state index in [4.69, 9.17) is 33.2 Å². The van der Waals surface area contributed by atoms with E-state index < -0.39 is 0 Å². The molecule has 7 nitrogen and oxygen atoms in total. The van der Waals surface area contributed by atoms with Crippen molar-refractivity contribution in [1.29, 1.82) is 0 Å². The highest BCUT2D eigenvalue weighted by molar-refractivity contribution is 6.42. The van der Waals surface area contributed by atoms with Gasteiger partial charge in [-0.3, -0.25) is 14.3 Å². The van der Waals surface area contributed by atoms with Gasteiger partial charge in [0.05, 0.1) is 21.8 Å². The van der Waals surface area contributed by atoms with E-state index in [-0.39, 0.29) is 11.6 Å². The zero-order valence-corrected chi connectivity index (χ0v) is 20.0. The largest absolute Gasteiger partial charge is 0.348 e. The van der Waals surface area contributed by atoms with Gasteiger partial charge in [-0.1, -0.05) is 59.6 Å². The maximum absolute atomic E-state index is 12.9. The molecule has 0 saturated heterocycles. The molecule has 0 bridgehead atoms. The Bertz CT molecular complexity index is 1390. The summed E-state index contributed by atoms with van der Waals surface area (Å²) < 4.78 is 1.67. The van der Waals surface area contributed by atoms with Gasteiger partial charge in [0.15, 0.2) is 0 Å². The van der Waals surface area contributed by atoms with Crippen molar-refractivity contribution < 1.29 is 0 Å². The average Bonchev–Trinajstić information content (AvgIpc) is 2.86. The van der Waals surface area contributed by atoms with Crippen LogP contribution in [0.1, 0.15) is 24.9 Å².